The van der Waals surface area contributed by atoms with Gasteiger partial charge in [0.2, 0.25) is 5.91 Å². The zero-order valence-corrected chi connectivity index (χ0v) is 18.9. The van der Waals surface area contributed by atoms with E-state index in [4.69, 9.17) is 0 Å². The Morgan fingerprint density at radius 3 is 2.34 bits per heavy atom. The molecule has 0 spiro atoms. The molecule has 1 atom stereocenters. The number of amides is 2. The van der Waals surface area contributed by atoms with E-state index in [0.29, 0.717) is 17.9 Å². The van der Waals surface area contributed by atoms with E-state index in [1.807, 2.05) is 85.5 Å². The third-order valence-electron chi connectivity index (χ3n) is 5.42. The van der Waals surface area contributed by atoms with Crippen molar-refractivity contribution in [2.45, 2.75) is 25.8 Å². The molecule has 1 fully saturated rings. The fourth-order valence-corrected chi connectivity index (χ4v) is 4.73. The summed E-state index contributed by atoms with van der Waals surface area (Å²) < 4.78 is 0. The van der Waals surface area contributed by atoms with Gasteiger partial charge in [-0.2, -0.15) is 5.10 Å². The van der Waals surface area contributed by atoms with Gasteiger partial charge in [-0.25, -0.2) is 5.43 Å². The monoisotopic (exact) mass is 443 g/mol. The van der Waals surface area contributed by atoms with Crippen molar-refractivity contribution >= 4 is 29.3 Å². The molecule has 2 amide bonds. The maximum atomic E-state index is 12.5. The smallest absolute Gasteiger partial charge is 0.271 e. The minimum Gasteiger partial charge on any atom is -0.322 e. The Balaban J connectivity index is 1.42. The summed E-state index contributed by atoms with van der Waals surface area (Å²) in [6.07, 6.45) is 0. The van der Waals surface area contributed by atoms with Gasteiger partial charge < -0.3 is 4.90 Å². The van der Waals surface area contributed by atoms with E-state index in [1.165, 1.54) is 5.56 Å². The topological polar surface area (TPSA) is 61.8 Å². The number of hydrogen-bond acceptors (Lipinski definition) is 4. The lowest BCUT2D eigenvalue weighted by Gasteiger charge is -2.24. The Morgan fingerprint density at radius 2 is 1.66 bits per heavy atom. The molecule has 1 aliphatic rings. The lowest BCUT2D eigenvalue weighted by atomic mass is 10.1. The molecule has 0 radical (unpaired) electrons. The molecule has 32 heavy (non-hydrogen) atoms. The van der Waals surface area contributed by atoms with Crippen LogP contribution in [0, 0.1) is 6.92 Å². The van der Waals surface area contributed by atoms with Crippen LogP contribution in [0.15, 0.2) is 84.0 Å². The number of nitrogens with one attached hydrogen (secondary N) is 1. The second kappa shape index (κ2) is 9.83. The third kappa shape index (κ3) is 5.08. The van der Waals surface area contributed by atoms with Crippen LogP contribution in [-0.4, -0.2) is 28.2 Å². The highest BCUT2D eigenvalue weighted by atomic mass is 32.2. The van der Waals surface area contributed by atoms with Gasteiger partial charge in [0, 0.05) is 12.1 Å². The molecule has 1 saturated heterocycles. The van der Waals surface area contributed by atoms with E-state index in [9.17, 15) is 9.59 Å². The average Bonchev–Trinajstić information content (AvgIpc) is 3.18. The first kappa shape index (κ1) is 21.8. The van der Waals surface area contributed by atoms with Gasteiger partial charge in [0.1, 0.15) is 5.37 Å². The summed E-state index contributed by atoms with van der Waals surface area (Å²) in [4.78, 5) is 26.9. The van der Waals surface area contributed by atoms with Crippen LogP contribution in [0.25, 0.3) is 0 Å². The Morgan fingerprint density at radius 1 is 1.00 bits per heavy atom. The SMILES string of the molecule is C/C(=N/NC(=O)c1ccc([C@H]2SCC(=O)N2Cc2ccccc2)cc1)c1ccc(C)cc1. The van der Waals surface area contributed by atoms with E-state index in [-0.39, 0.29) is 17.2 Å². The minimum atomic E-state index is -0.265. The Bertz CT molecular complexity index is 1130. The van der Waals surface area contributed by atoms with Crippen molar-refractivity contribution in [2.24, 2.45) is 5.10 Å². The number of thioether (sulfide) groups is 1. The molecule has 6 heteroatoms. The van der Waals surface area contributed by atoms with Gasteiger partial charge in [-0.3, -0.25) is 9.59 Å². The van der Waals surface area contributed by atoms with Crippen LogP contribution in [0.1, 0.15) is 44.9 Å². The molecule has 3 aromatic rings. The average molecular weight is 444 g/mol. The maximum absolute atomic E-state index is 12.5. The highest BCUT2D eigenvalue weighted by molar-refractivity contribution is 8.00. The Kier molecular flexibility index (Phi) is 6.71. The summed E-state index contributed by atoms with van der Waals surface area (Å²) in [5.74, 6) is 0.332. The van der Waals surface area contributed by atoms with E-state index < -0.39 is 0 Å². The summed E-state index contributed by atoms with van der Waals surface area (Å²) in [5, 5.41) is 4.18. The van der Waals surface area contributed by atoms with E-state index in [2.05, 4.69) is 10.5 Å². The number of rotatable bonds is 6. The molecule has 162 valence electrons. The van der Waals surface area contributed by atoms with Crippen molar-refractivity contribution in [1.82, 2.24) is 10.3 Å². The van der Waals surface area contributed by atoms with Crippen LogP contribution in [0.3, 0.4) is 0 Å². The first-order valence-electron chi connectivity index (χ1n) is 10.5. The maximum Gasteiger partial charge on any atom is 0.271 e. The summed E-state index contributed by atoms with van der Waals surface area (Å²) in [6, 6.07) is 25.4. The number of carbonyl (C=O) groups excluding carboxylic acids is 2. The highest BCUT2D eigenvalue weighted by Gasteiger charge is 2.32. The Hall–Kier alpha value is -3.38. The molecule has 3 aromatic carbocycles. The number of hydrazone groups is 1. The highest BCUT2D eigenvalue weighted by Crippen LogP contribution is 2.39. The lowest BCUT2D eigenvalue weighted by molar-refractivity contribution is -0.128. The van der Waals surface area contributed by atoms with E-state index in [0.717, 1.165) is 22.4 Å². The van der Waals surface area contributed by atoms with Gasteiger partial charge >= 0.3 is 0 Å². The number of nitrogens with zero attached hydrogens (tertiary/aromatic N) is 2. The molecule has 1 heterocycles. The molecular formula is C26H25N3O2S. The van der Waals surface area contributed by atoms with Gasteiger partial charge in [0.05, 0.1) is 11.5 Å². The molecule has 0 saturated carbocycles. The molecular weight excluding hydrogens is 418 g/mol. The van der Waals surface area contributed by atoms with E-state index >= 15 is 0 Å². The summed E-state index contributed by atoms with van der Waals surface area (Å²) in [7, 11) is 0. The first-order chi connectivity index (χ1) is 15.5. The molecule has 4 rings (SSSR count). The minimum absolute atomic E-state index is 0.0541. The first-order valence-corrected chi connectivity index (χ1v) is 11.5. The van der Waals surface area contributed by atoms with Crippen LogP contribution in [0.4, 0.5) is 0 Å². The zero-order valence-electron chi connectivity index (χ0n) is 18.1. The number of aryl methyl sites for hydroxylation is 1. The number of hydrogen-bond donors (Lipinski definition) is 1. The van der Waals surface area contributed by atoms with E-state index in [1.54, 1.807) is 23.9 Å². The third-order valence-corrected chi connectivity index (χ3v) is 6.67. The fourth-order valence-electron chi connectivity index (χ4n) is 3.54. The van der Waals surface area contributed by atoms with Crippen LogP contribution >= 0.6 is 11.8 Å². The van der Waals surface area contributed by atoms with Gasteiger partial charge in [0.15, 0.2) is 0 Å². The molecule has 0 bridgehead atoms. The number of carbonyl (C=O) groups is 2. The van der Waals surface area contributed by atoms with Gasteiger partial charge in [-0.1, -0.05) is 72.3 Å². The van der Waals surface area contributed by atoms with Gasteiger partial charge in [-0.05, 0) is 42.7 Å². The van der Waals surface area contributed by atoms with Gasteiger partial charge in [-0.15, -0.1) is 11.8 Å². The molecule has 0 unspecified atom stereocenters. The lowest BCUT2D eigenvalue weighted by Crippen LogP contribution is -2.27. The van der Waals surface area contributed by atoms with Crippen molar-refractivity contribution in [3.8, 4) is 0 Å². The summed E-state index contributed by atoms with van der Waals surface area (Å²) in [6.45, 7) is 4.47. The largest absolute Gasteiger partial charge is 0.322 e. The normalized spacial score (nSPS) is 16.3. The molecule has 1 N–H and O–H groups in total. The van der Waals surface area contributed by atoms with Crippen molar-refractivity contribution in [1.29, 1.82) is 0 Å². The number of benzene rings is 3. The molecule has 0 aliphatic carbocycles. The quantitative estimate of drug-likeness (QED) is 0.434. The predicted octanol–water partition coefficient (Wildman–Crippen LogP) is 4.92. The molecule has 5 nitrogen and oxygen atoms in total. The molecule has 1 aliphatic heterocycles. The second-order valence-corrected chi connectivity index (χ2v) is 8.87. The predicted molar refractivity (Wildman–Crippen MR) is 129 cm³/mol. The Labute approximate surface area is 192 Å². The van der Waals surface area contributed by atoms with Crippen LogP contribution in [-0.2, 0) is 11.3 Å². The van der Waals surface area contributed by atoms with Crippen LogP contribution < -0.4 is 5.43 Å². The van der Waals surface area contributed by atoms with Gasteiger partial charge in [0.25, 0.3) is 5.91 Å². The zero-order chi connectivity index (χ0) is 22.5. The van der Waals surface area contributed by atoms with Crippen molar-refractivity contribution in [3.63, 3.8) is 0 Å². The van der Waals surface area contributed by atoms with Crippen molar-refractivity contribution in [3.05, 3.63) is 107 Å². The van der Waals surface area contributed by atoms with Crippen LogP contribution in [0.5, 0.6) is 0 Å². The summed E-state index contributed by atoms with van der Waals surface area (Å²) >= 11 is 1.61. The standard InChI is InChI=1S/C26H25N3O2S/c1-18-8-10-21(11-9-18)19(2)27-28-25(31)22-12-14-23(15-13-22)26-29(24(30)17-32-26)16-20-6-4-3-5-7-20/h3-15,26H,16-17H2,1-2H3,(H,28,31)/b27-19-/t26-/m1/s1. The molecule has 0 aromatic heterocycles. The summed E-state index contributed by atoms with van der Waals surface area (Å²) in [5.41, 5.74) is 8.15. The van der Waals surface area contributed by atoms with Crippen LogP contribution in [0.2, 0.25) is 0 Å². The fraction of sp³-hybridized carbons (Fsp3) is 0.192. The van der Waals surface area contributed by atoms with Crippen molar-refractivity contribution < 1.29 is 9.59 Å². The van der Waals surface area contributed by atoms with Crippen molar-refractivity contribution in [2.75, 3.05) is 5.75 Å². The second-order valence-electron chi connectivity index (χ2n) is 7.80.